The van der Waals surface area contributed by atoms with Crippen molar-refractivity contribution in [2.75, 3.05) is 12.4 Å². The van der Waals surface area contributed by atoms with Crippen molar-refractivity contribution >= 4 is 33.3 Å². The highest BCUT2D eigenvalue weighted by Crippen LogP contribution is 2.24. The first-order valence-electron chi connectivity index (χ1n) is 7.06. The quantitative estimate of drug-likeness (QED) is 0.712. The number of nitrogens with one attached hydrogen (secondary N) is 2. The first kappa shape index (κ1) is 16.3. The number of methoxy groups -OCH3 is 1. The van der Waals surface area contributed by atoms with Crippen LogP contribution in [0.1, 0.15) is 5.69 Å². The standard InChI is InChI=1S/C16H14BrFN4O2/c1-24-14-6-11(18)3-4-13(14)21-16(23)19-7-12-9-22-8-10(17)2-5-15(22)20-12/h2-6,8-9H,7H2,1H3,(H2,19,21,23). The number of carbonyl (C=O) groups is 1. The summed E-state index contributed by atoms with van der Waals surface area (Å²) >= 11 is 3.39. The second kappa shape index (κ2) is 6.88. The summed E-state index contributed by atoms with van der Waals surface area (Å²) in [5.41, 5.74) is 1.89. The number of anilines is 1. The van der Waals surface area contributed by atoms with Crippen LogP contribution in [-0.2, 0) is 6.54 Å². The number of hydrogen-bond donors (Lipinski definition) is 2. The number of pyridine rings is 1. The van der Waals surface area contributed by atoms with Crippen molar-refractivity contribution in [3.8, 4) is 5.75 Å². The highest BCUT2D eigenvalue weighted by atomic mass is 79.9. The maximum absolute atomic E-state index is 13.1. The Balaban J connectivity index is 1.64. The minimum atomic E-state index is -0.436. The lowest BCUT2D eigenvalue weighted by atomic mass is 10.3. The van der Waals surface area contributed by atoms with Crippen molar-refractivity contribution in [2.24, 2.45) is 0 Å². The number of fused-ring (bicyclic) bond motifs is 1. The fourth-order valence-electron chi connectivity index (χ4n) is 2.21. The number of carbonyl (C=O) groups excluding carboxylic acids is 1. The lowest BCUT2D eigenvalue weighted by molar-refractivity contribution is 0.251. The van der Waals surface area contributed by atoms with E-state index in [0.717, 1.165) is 10.1 Å². The van der Waals surface area contributed by atoms with Gasteiger partial charge in [-0.25, -0.2) is 14.2 Å². The Hall–Kier alpha value is -2.61. The van der Waals surface area contributed by atoms with Crippen LogP contribution in [0.25, 0.3) is 5.65 Å². The van der Waals surface area contributed by atoms with E-state index in [2.05, 4.69) is 31.5 Å². The Morgan fingerprint density at radius 1 is 1.33 bits per heavy atom. The third-order valence-corrected chi connectivity index (χ3v) is 3.78. The highest BCUT2D eigenvalue weighted by Gasteiger charge is 2.09. The van der Waals surface area contributed by atoms with E-state index in [1.807, 2.05) is 28.9 Å². The predicted molar refractivity (Wildman–Crippen MR) is 91.7 cm³/mol. The molecule has 6 nitrogen and oxygen atoms in total. The van der Waals surface area contributed by atoms with Gasteiger partial charge in [-0.05, 0) is 40.2 Å². The Kier molecular flexibility index (Phi) is 4.66. The number of nitrogens with zero attached hydrogens (tertiary/aromatic N) is 2. The highest BCUT2D eigenvalue weighted by molar-refractivity contribution is 9.10. The minimum Gasteiger partial charge on any atom is -0.494 e. The molecule has 0 fully saturated rings. The van der Waals surface area contributed by atoms with Crippen molar-refractivity contribution < 1.29 is 13.9 Å². The molecular weight excluding hydrogens is 379 g/mol. The van der Waals surface area contributed by atoms with Crippen molar-refractivity contribution in [3.05, 3.63) is 58.7 Å². The Morgan fingerprint density at radius 2 is 2.17 bits per heavy atom. The number of urea groups is 1. The van der Waals surface area contributed by atoms with Gasteiger partial charge in [0.1, 0.15) is 17.2 Å². The van der Waals surface area contributed by atoms with Crippen molar-refractivity contribution in [1.29, 1.82) is 0 Å². The number of rotatable bonds is 4. The molecule has 2 N–H and O–H groups in total. The van der Waals surface area contributed by atoms with Crippen LogP contribution in [0.15, 0.2) is 47.2 Å². The molecule has 124 valence electrons. The summed E-state index contributed by atoms with van der Waals surface area (Å²) in [7, 11) is 1.41. The summed E-state index contributed by atoms with van der Waals surface area (Å²) in [5.74, 6) is -0.184. The van der Waals surface area contributed by atoms with E-state index in [4.69, 9.17) is 4.74 Å². The maximum atomic E-state index is 13.1. The second-order valence-electron chi connectivity index (χ2n) is 5.00. The molecule has 3 aromatic rings. The van der Waals surface area contributed by atoms with Gasteiger partial charge < -0.3 is 19.8 Å². The van der Waals surface area contributed by atoms with E-state index in [0.29, 0.717) is 11.4 Å². The van der Waals surface area contributed by atoms with Gasteiger partial charge in [-0.2, -0.15) is 0 Å². The Labute approximate surface area is 145 Å². The predicted octanol–water partition coefficient (Wildman–Crippen LogP) is 3.57. The van der Waals surface area contributed by atoms with Gasteiger partial charge in [0, 0.05) is 22.9 Å². The van der Waals surface area contributed by atoms with Gasteiger partial charge >= 0.3 is 6.03 Å². The monoisotopic (exact) mass is 392 g/mol. The summed E-state index contributed by atoms with van der Waals surface area (Å²) in [5, 5.41) is 5.32. The molecule has 0 unspecified atom stereocenters. The van der Waals surface area contributed by atoms with Crippen LogP contribution in [-0.4, -0.2) is 22.5 Å². The molecular formula is C16H14BrFN4O2. The van der Waals surface area contributed by atoms with Crippen LogP contribution in [0, 0.1) is 5.82 Å². The van der Waals surface area contributed by atoms with Gasteiger partial charge in [-0.15, -0.1) is 0 Å². The van der Waals surface area contributed by atoms with Gasteiger partial charge in [-0.1, -0.05) is 0 Å². The van der Waals surface area contributed by atoms with E-state index < -0.39 is 11.8 Å². The van der Waals surface area contributed by atoms with Crippen LogP contribution < -0.4 is 15.4 Å². The van der Waals surface area contributed by atoms with Crippen LogP contribution in [0.4, 0.5) is 14.9 Å². The maximum Gasteiger partial charge on any atom is 0.319 e. The average molecular weight is 393 g/mol. The molecule has 0 saturated heterocycles. The minimum absolute atomic E-state index is 0.253. The summed E-state index contributed by atoms with van der Waals surface area (Å²) in [6.45, 7) is 0.259. The number of amides is 2. The lowest BCUT2D eigenvalue weighted by Gasteiger charge is -2.10. The topological polar surface area (TPSA) is 67.7 Å². The van der Waals surface area contributed by atoms with Gasteiger partial charge in [0.2, 0.25) is 0 Å². The first-order chi connectivity index (χ1) is 11.5. The van der Waals surface area contributed by atoms with E-state index in [1.54, 1.807) is 0 Å². The molecule has 2 aromatic heterocycles. The molecule has 2 heterocycles. The number of imidazole rings is 1. The van der Waals surface area contributed by atoms with Gasteiger partial charge in [0.15, 0.2) is 0 Å². The molecule has 0 bridgehead atoms. The van der Waals surface area contributed by atoms with Gasteiger partial charge in [-0.3, -0.25) is 0 Å². The van der Waals surface area contributed by atoms with Gasteiger partial charge in [0.25, 0.3) is 0 Å². The zero-order valence-electron chi connectivity index (χ0n) is 12.7. The third-order valence-electron chi connectivity index (χ3n) is 3.31. The molecule has 0 spiro atoms. The molecule has 3 rings (SSSR count). The normalized spacial score (nSPS) is 10.6. The molecule has 0 radical (unpaired) electrons. The number of hydrogen-bond acceptors (Lipinski definition) is 3. The second-order valence-corrected chi connectivity index (χ2v) is 5.91. The molecule has 0 aliphatic rings. The van der Waals surface area contributed by atoms with Crippen molar-refractivity contribution in [1.82, 2.24) is 14.7 Å². The molecule has 8 heteroatoms. The summed E-state index contributed by atoms with van der Waals surface area (Å²) in [4.78, 5) is 16.4. The fraction of sp³-hybridized carbons (Fsp3) is 0.125. The smallest absolute Gasteiger partial charge is 0.319 e. The Bertz CT molecular complexity index is 897. The average Bonchev–Trinajstić information content (AvgIpc) is 2.96. The third kappa shape index (κ3) is 3.65. The van der Waals surface area contributed by atoms with E-state index in [9.17, 15) is 9.18 Å². The Morgan fingerprint density at radius 3 is 2.96 bits per heavy atom. The molecule has 24 heavy (non-hydrogen) atoms. The SMILES string of the molecule is COc1cc(F)ccc1NC(=O)NCc1cn2cc(Br)ccc2n1. The van der Waals surface area contributed by atoms with Gasteiger partial charge in [0.05, 0.1) is 25.0 Å². The largest absolute Gasteiger partial charge is 0.494 e. The molecule has 0 aliphatic carbocycles. The molecule has 0 atom stereocenters. The molecule has 0 saturated carbocycles. The van der Waals surface area contributed by atoms with Crippen molar-refractivity contribution in [3.63, 3.8) is 0 Å². The van der Waals surface area contributed by atoms with E-state index in [1.165, 1.54) is 25.3 Å². The fourth-order valence-corrected chi connectivity index (χ4v) is 2.56. The van der Waals surface area contributed by atoms with Crippen LogP contribution in [0.3, 0.4) is 0 Å². The summed E-state index contributed by atoms with van der Waals surface area (Å²) in [6, 6.07) is 7.23. The molecule has 2 amide bonds. The number of aromatic nitrogens is 2. The summed E-state index contributed by atoms with van der Waals surface area (Å²) in [6.07, 6.45) is 3.72. The van der Waals surface area contributed by atoms with E-state index in [-0.39, 0.29) is 12.3 Å². The van der Waals surface area contributed by atoms with Crippen LogP contribution in [0.2, 0.25) is 0 Å². The lowest BCUT2D eigenvalue weighted by Crippen LogP contribution is -2.28. The zero-order valence-corrected chi connectivity index (χ0v) is 14.3. The van der Waals surface area contributed by atoms with Crippen LogP contribution >= 0.6 is 15.9 Å². The van der Waals surface area contributed by atoms with Crippen LogP contribution in [0.5, 0.6) is 5.75 Å². The number of benzene rings is 1. The first-order valence-corrected chi connectivity index (χ1v) is 7.86. The van der Waals surface area contributed by atoms with E-state index >= 15 is 0 Å². The van der Waals surface area contributed by atoms with Crippen molar-refractivity contribution in [2.45, 2.75) is 6.54 Å². The molecule has 0 aliphatic heterocycles. The molecule has 1 aromatic carbocycles. The summed E-state index contributed by atoms with van der Waals surface area (Å²) < 4.78 is 21.0. The zero-order chi connectivity index (χ0) is 17.1. The number of halogens is 2. The number of ether oxygens (including phenoxy) is 1.